The Hall–Kier alpha value is -0.680. The monoisotopic (exact) mass is 231 g/mol. The Bertz CT molecular complexity index is 275. The van der Waals surface area contributed by atoms with Crippen LogP contribution in [0.15, 0.2) is 10.7 Å². The van der Waals surface area contributed by atoms with Crippen molar-refractivity contribution in [2.45, 2.75) is 0 Å². The molecular formula is C7H10BrN3O. The Morgan fingerprint density at radius 3 is 2.92 bits per heavy atom. The molecule has 1 heterocycles. The maximum Gasteiger partial charge on any atom is 0.195 e. The molecule has 0 amide bonds. The first-order valence-electron chi connectivity index (χ1n) is 3.52. The van der Waals surface area contributed by atoms with Crippen LogP contribution in [0.2, 0.25) is 0 Å². The summed E-state index contributed by atoms with van der Waals surface area (Å²) in [6, 6.07) is 0. The second-order valence-electron chi connectivity index (χ2n) is 2.42. The van der Waals surface area contributed by atoms with Gasteiger partial charge >= 0.3 is 0 Å². The largest absolute Gasteiger partial charge is 0.313 e. The molecule has 0 aliphatic rings. The van der Waals surface area contributed by atoms with Gasteiger partial charge in [0.15, 0.2) is 5.78 Å². The molecule has 0 aliphatic carbocycles. The summed E-state index contributed by atoms with van der Waals surface area (Å²) < 4.78 is 2.30. The molecule has 0 atom stereocenters. The molecule has 1 aromatic rings. The number of hydrogen-bond donors (Lipinski definition) is 1. The second kappa shape index (κ2) is 3.82. The van der Waals surface area contributed by atoms with Gasteiger partial charge in [-0.3, -0.25) is 9.48 Å². The molecule has 66 valence electrons. The Morgan fingerprint density at radius 1 is 1.83 bits per heavy atom. The number of nitrogens with one attached hydrogen (secondary N) is 1. The zero-order valence-electron chi connectivity index (χ0n) is 6.97. The van der Waals surface area contributed by atoms with Crippen LogP contribution < -0.4 is 5.32 Å². The Morgan fingerprint density at radius 2 is 2.50 bits per heavy atom. The highest BCUT2D eigenvalue weighted by molar-refractivity contribution is 9.10. The Kier molecular flexibility index (Phi) is 2.99. The maximum absolute atomic E-state index is 11.4. The molecule has 0 aromatic carbocycles. The fourth-order valence-corrected chi connectivity index (χ4v) is 1.54. The van der Waals surface area contributed by atoms with Crippen molar-refractivity contribution < 1.29 is 4.79 Å². The molecule has 1 N–H and O–H groups in total. The van der Waals surface area contributed by atoms with E-state index >= 15 is 0 Å². The van der Waals surface area contributed by atoms with E-state index in [4.69, 9.17) is 0 Å². The van der Waals surface area contributed by atoms with Crippen LogP contribution in [0.1, 0.15) is 10.5 Å². The standard InChI is InChI=1S/C7H10BrN3O/c1-9-4-6(12)7-5(8)3-10-11(7)2/h3,9H,4H2,1-2H3. The van der Waals surface area contributed by atoms with Crippen LogP contribution in [0.5, 0.6) is 0 Å². The van der Waals surface area contributed by atoms with E-state index in [1.165, 1.54) is 0 Å². The van der Waals surface area contributed by atoms with Gasteiger partial charge in [-0.25, -0.2) is 0 Å². The van der Waals surface area contributed by atoms with Crippen LogP contribution in [0.4, 0.5) is 0 Å². The summed E-state index contributed by atoms with van der Waals surface area (Å²) in [7, 11) is 3.48. The lowest BCUT2D eigenvalue weighted by atomic mass is 10.3. The van der Waals surface area contributed by atoms with Gasteiger partial charge in [0.1, 0.15) is 5.69 Å². The van der Waals surface area contributed by atoms with E-state index < -0.39 is 0 Å². The van der Waals surface area contributed by atoms with Crippen LogP contribution in [0, 0.1) is 0 Å². The summed E-state index contributed by atoms with van der Waals surface area (Å²) in [5.74, 6) is 0.0318. The van der Waals surface area contributed by atoms with Crippen LogP contribution >= 0.6 is 15.9 Å². The van der Waals surface area contributed by atoms with E-state index in [0.717, 1.165) is 4.47 Å². The van der Waals surface area contributed by atoms with E-state index in [1.807, 2.05) is 0 Å². The van der Waals surface area contributed by atoms with Gasteiger partial charge in [-0.1, -0.05) is 0 Å². The lowest BCUT2D eigenvalue weighted by Gasteiger charge is -2.00. The number of likely N-dealkylation sites (N-methyl/N-ethyl adjacent to an activating group) is 1. The van der Waals surface area contributed by atoms with Gasteiger partial charge in [0.2, 0.25) is 0 Å². The molecule has 1 aromatic heterocycles. The third-order valence-corrected chi connectivity index (χ3v) is 2.08. The highest BCUT2D eigenvalue weighted by atomic mass is 79.9. The number of carbonyl (C=O) groups excluding carboxylic acids is 1. The first-order valence-corrected chi connectivity index (χ1v) is 4.31. The summed E-state index contributed by atoms with van der Waals surface area (Å²) in [5.41, 5.74) is 0.601. The quantitative estimate of drug-likeness (QED) is 0.775. The fraction of sp³-hybridized carbons (Fsp3) is 0.429. The molecule has 0 bridgehead atoms. The number of rotatable bonds is 3. The molecule has 0 unspecified atom stereocenters. The number of halogens is 1. The minimum Gasteiger partial charge on any atom is -0.313 e. The number of ketones is 1. The molecule has 0 fully saturated rings. The molecule has 12 heavy (non-hydrogen) atoms. The summed E-state index contributed by atoms with van der Waals surface area (Å²) in [4.78, 5) is 11.4. The smallest absolute Gasteiger partial charge is 0.195 e. The van der Waals surface area contributed by atoms with E-state index in [2.05, 4.69) is 26.3 Å². The summed E-state index contributed by atoms with van der Waals surface area (Å²) in [6.07, 6.45) is 1.61. The number of hydrogen-bond acceptors (Lipinski definition) is 3. The van der Waals surface area contributed by atoms with Crippen molar-refractivity contribution in [2.75, 3.05) is 13.6 Å². The van der Waals surface area contributed by atoms with Gasteiger partial charge in [-0.2, -0.15) is 5.10 Å². The van der Waals surface area contributed by atoms with Crippen LogP contribution in [-0.4, -0.2) is 29.2 Å². The van der Waals surface area contributed by atoms with Crippen LogP contribution in [0.3, 0.4) is 0 Å². The average molecular weight is 232 g/mol. The molecule has 4 nitrogen and oxygen atoms in total. The molecule has 0 aliphatic heterocycles. The predicted molar refractivity (Wildman–Crippen MR) is 49.2 cm³/mol. The summed E-state index contributed by atoms with van der Waals surface area (Å²) >= 11 is 3.26. The first kappa shape index (κ1) is 9.41. The normalized spacial score (nSPS) is 10.2. The van der Waals surface area contributed by atoms with E-state index in [-0.39, 0.29) is 5.78 Å². The first-order chi connectivity index (χ1) is 5.66. The van der Waals surface area contributed by atoms with E-state index in [1.54, 1.807) is 25.0 Å². The topological polar surface area (TPSA) is 46.9 Å². The van der Waals surface area contributed by atoms with E-state index in [9.17, 15) is 4.79 Å². The second-order valence-corrected chi connectivity index (χ2v) is 3.27. The van der Waals surface area contributed by atoms with Crippen molar-refractivity contribution in [2.24, 2.45) is 7.05 Å². The molecular weight excluding hydrogens is 222 g/mol. The Labute approximate surface area is 79.1 Å². The highest BCUT2D eigenvalue weighted by Gasteiger charge is 2.13. The number of nitrogens with zero attached hydrogens (tertiary/aromatic N) is 2. The van der Waals surface area contributed by atoms with Gasteiger partial charge < -0.3 is 5.32 Å². The number of aryl methyl sites for hydroxylation is 1. The number of Topliss-reactive ketones (excluding diaryl/α,β-unsaturated/α-hetero) is 1. The van der Waals surface area contributed by atoms with Crippen molar-refractivity contribution in [3.63, 3.8) is 0 Å². The van der Waals surface area contributed by atoms with Gasteiger partial charge in [0.05, 0.1) is 17.2 Å². The Balaban J connectivity index is 2.93. The third-order valence-electron chi connectivity index (χ3n) is 1.50. The molecule has 0 radical (unpaired) electrons. The van der Waals surface area contributed by atoms with Crippen molar-refractivity contribution >= 4 is 21.7 Å². The lowest BCUT2D eigenvalue weighted by molar-refractivity contribution is 0.0984. The van der Waals surface area contributed by atoms with Crippen molar-refractivity contribution in [1.29, 1.82) is 0 Å². The van der Waals surface area contributed by atoms with E-state index in [0.29, 0.717) is 12.2 Å². The zero-order valence-corrected chi connectivity index (χ0v) is 8.55. The van der Waals surface area contributed by atoms with Gasteiger partial charge in [0, 0.05) is 7.05 Å². The fourth-order valence-electron chi connectivity index (χ4n) is 0.969. The van der Waals surface area contributed by atoms with Crippen molar-refractivity contribution in [3.8, 4) is 0 Å². The van der Waals surface area contributed by atoms with Crippen molar-refractivity contribution in [1.82, 2.24) is 15.1 Å². The van der Waals surface area contributed by atoms with Gasteiger partial charge in [0.25, 0.3) is 0 Å². The summed E-state index contributed by atoms with van der Waals surface area (Å²) in [5, 5.41) is 6.74. The molecule has 0 saturated heterocycles. The van der Waals surface area contributed by atoms with Crippen LogP contribution in [0.25, 0.3) is 0 Å². The van der Waals surface area contributed by atoms with Crippen LogP contribution in [-0.2, 0) is 7.05 Å². The van der Waals surface area contributed by atoms with Crippen molar-refractivity contribution in [3.05, 3.63) is 16.4 Å². The van der Waals surface area contributed by atoms with Gasteiger partial charge in [-0.15, -0.1) is 0 Å². The average Bonchev–Trinajstić information content (AvgIpc) is 2.32. The van der Waals surface area contributed by atoms with Gasteiger partial charge in [-0.05, 0) is 23.0 Å². The maximum atomic E-state index is 11.4. The third kappa shape index (κ3) is 1.73. The predicted octanol–water partition coefficient (Wildman–Crippen LogP) is 0.585. The summed E-state index contributed by atoms with van der Waals surface area (Å²) in [6.45, 7) is 0.331. The highest BCUT2D eigenvalue weighted by Crippen LogP contribution is 2.14. The number of carbonyl (C=O) groups is 1. The zero-order chi connectivity index (χ0) is 9.14. The minimum absolute atomic E-state index is 0.0318. The lowest BCUT2D eigenvalue weighted by Crippen LogP contribution is -2.21. The SMILES string of the molecule is CNCC(=O)c1c(Br)cnn1C. The molecule has 0 saturated carbocycles. The molecule has 0 spiro atoms. The number of aromatic nitrogens is 2. The molecule has 1 rings (SSSR count). The minimum atomic E-state index is 0.0318. The molecule has 5 heteroatoms.